The van der Waals surface area contributed by atoms with Gasteiger partial charge in [0.1, 0.15) is 0 Å². The van der Waals surface area contributed by atoms with E-state index in [0.717, 1.165) is 32.2 Å². The van der Waals surface area contributed by atoms with E-state index in [9.17, 15) is 4.91 Å². The predicted molar refractivity (Wildman–Crippen MR) is 52.5 cm³/mol. The first-order valence-corrected chi connectivity index (χ1v) is 4.71. The molecular weight excluding hydrogens is 152 g/mol. The van der Waals surface area contributed by atoms with Crippen LogP contribution in [0.25, 0.3) is 0 Å². The second-order valence-electron chi connectivity index (χ2n) is 2.85. The van der Waals surface area contributed by atoms with E-state index in [0.29, 0.717) is 5.84 Å². The Morgan fingerprint density at radius 1 is 1.17 bits per heavy atom. The molecule has 0 aliphatic rings. The van der Waals surface area contributed by atoms with Crippen LogP contribution < -0.4 is 0 Å². The lowest BCUT2D eigenvalue weighted by Crippen LogP contribution is -1.94. The van der Waals surface area contributed by atoms with E-state index in [1.807, 2.05) is 6.92 Å². The van der Waals surface area contributed by atoms with Crippen LogP contribution in [0.5, 0.6) is 0 Å². The minimum absolute atomic E-state index is 0.491. The highest BCUT2D eigenvalue weighted by Gasteiger charge is 1.96. The van der Waals surface area contributed by atoms with Crippen molar-refractivity contribution in [3.05, 3.63) is 4.91 Å². The van der Waals surface area contributed by atoms with Gasteiger partial charge in [-0.2, -0.15) is 0 Å². The van der Waals surface area contributed by atoms with Crippen LogP contribution in [-0.4, -0.2) is 12.4 Å². The van der Waals surface area contributed by atoms with E-state index in [2.05, 4.69) is 17.1 Å². The number of amidine groups is 1. The van der Waals surface area contributed by atoms with E-state index in [-0.39, 0.29) is 0 Å². The van der Waals surface area contributed by atoms with Crippen LogP contribution in [0.1, 0.15) is 46.0 Å². The van der Waals surface area contributed by atoms with Gasteiger partial charge in [0.2, 0.25) is 0 Å². The van der Waals surface area contributed by atoms with Crippen LogP contribution >= 0.6 is 0 Å². The maximum absolute atomic E-state index is 10.2. The first kappa shape index (κ1) is 11.3. The topological polar surface area (TPSA) is 41.8 Å². The summed E-state index contributed by atoms with van der Waals surface area (Å²) in [5.41, 5.74) is 0. The molecule has 0 aliphatic heterocycles. The molecule has 0 amide bonds. The lowest BCUT2D eigenvalue weighted by atomic mass is 10.2. The van der Waals surface area contributed by atoms with Gasteiger partial charge < -0.3 is 0 Å². The van der Waals surface area contributed by atoms with Gasteiger partial charge in [-0.1, -0.05) is 26.7 Å². The van der Waals surface area contributed by atoms with Crippen LogP contribution in [-0.2, 0) is 0 Å². The Morgan fingerprint density at radius 3 is 2.42 bits per heavy atom. The fraction of sp³-hybridized carbons (Fsp3) is 0.889. The maximum Gasteiger partial charge on any atom is 0.168 e. The number of rotatable bonds is 6. The standard InChI is InChI=1S/C9H18N2O/c1-3-5-6-7-9(11-12)10-8-4-2/h3-8H2,1-2H3. The molecule has 0 unspecified atom stereocenters. The first-order chi connectivity index (χ1) is 5.85. The van der Waals surface area contributed by atoms with Crippen LogP contribution in [0, 0.1) is 4.91 Å². The third-order valence-corrected chi connectivity index (χ3v) is 1.63. The van der Waals surface area contributed by atoms with Crippen molar-refractivity contribution in [2.75, 3.05) is 6.54 Å². The Morgan fingerprint density at radius 2 is 1.92 bits per heavy atom. The van der Waals surface area contributed by atoms with E-state index in [4.69, 9.17) is 0 Å². The molecule has 0 aromatic carbocycles. The van der Waals surface area contributed by atoms with Gasteiger partial charge in [-0.05, 0) is 18.0 Å². The van der Waals surface area contributed by atoms with Crippen molar-refractivity contribution < 1.29 is 0 Å². The molecule has 0 aromatic rings. The predicted octanol–water partition coefficient (Wildman–Crippen LogP) is 3.14. The Labute approximate surface area is 74.2 Å². The zero-order valence-electron chi connectivity index (χ0n) is 8.05. The molecule has 0 radical (unpaired) electrons. The summed E-state index contributed by atoms with van der Waals surface area (Å²) in [7, 11) is 0. The number of aliphatic imine (C=N–C) groups is 1. The molecule has 0 N–H and O–H groups in total. The van der Waals surface area contributed by atoms with E-state index in [1.54, 1.807) is 0 Å². The summed E-state index contributed by atoms with van der Waals surface area (Å²) in [4.78, 5) is 14.3. The molecule has 12 heavy (non-hydrogen) atoms. The fourth-order valence-electron chi connectivity index (χ4n) is 0.928. The number of nitrogens with zero attached hydrogens (tertiary/aromatic N) is 2. The number of hydrogen-bond donors (Lipinski definition) is 0. The van der Waals surface area contributed by atoms with Gasteiger partial charge in [0.05, 0.1) is 0 Å². The van der Waals surface area contributed by atoms with Crippen molar-refractivity contribution >= 4 is 5.84 Å². The van der Waals surface area contributed by atoms with Crippen molar-refractivity contribution in [2.24, 2.45) is 10.2 Å². The highest BCUT2D eigenvalue weighted by atomic mass is 16.3. The monoisotopic (exact) mass is 170 g/mol. The van der Waals surface area contributed by atoms with Crippen LogP contribution in [0.15, 0.2) is 10.2 Å². The number of unbranched alkanes of at least 4 members (excludes halogenated alkanes) is 2. The number of nitroso groups, excluding NO2 is 1. The molecule has 0 fully saturated rings. The summed E-state index contributed by atoms with van der Waals surface area (Å²) in [6.45, 7) is 4.91. The molecule has 0 atom stereocenters. The Hall–Kier alpha value is -0.730. The molecule has 0 rings (SSSR count). The highest BCUT2D eigenvalue weighted by Crippen LogP contribution is 2.01. The Kier molecular flexibility index (Phi) is 7.86. The largest absolute Gasteiger partial charge is 0.268 e. The average molecular weight is 170 g/mol. The van der Waals surface area contributed by atoms with Gasteiger partial charge >= 0.3 is 0 Å². The molecule has 3 nitrogen and oxygen atoms in total. The van der Waals surface area contributed by atoms with E-state index < -0.39 is 0 Å². The van der Waals surface area contributed by atoms with Crippen LogP contribution in [0.4, 0.5) is 0 Å². The molecule has 0 bridgehead atoms. The van der Waals surface area contributed by atoms with Gasteiger partial charge in [-0.25, -0.2) is 0 Å². The quantitative estimate of drug-likeness (QED) is 0.261. The average Bonchev–Trinajstić information content (AvgIpc) is 2.11. The maximum atomic E-state index is 10.2. The molecule has 0 aromatic heterocycles. The summed E-state index contributed by atoms with van der Waals surface area (Å²) in [6.07, 6.45) is 5.08. The summed E-state index contributed by atoms with van der Waals surface area (Å²) < 4.78 is 0. The zero-order valence-corrected chi connectivity index (χ0v) is 8.05. The minimum Gasteiger partial charge on any atom is -0.268 e. The lowest BCUT2D eigenvalue weighted by molar-refractivity contribution is 0.737. The van der Waals surface area contributed by atoms with Gasteiger partial charge in [0.25, 0.3) is 0 Å². The first-order valence-electron chi connectivity index (χ1n) is 4.71. The summed E-state index contributed by atoms with van der Waals surface area (Å²) in [6, 6.07) is 0. The van der Waals surface area contributed by atoms with Crippen molar-refractivity contribution in [3.63, 3.8) is 0 Å². The van der Waals surface area contributed by atoms with Gasteiger partial charge in [-0.15, -0.1) is 4.91 Å². The van der Waals surface area contributed by atoms with Gasteiger partial charge in [-0.3, -0.25) is 4.99 Å². The minimum atomic E-state index is 0.491. The normalized spacial score (nSPS) is 11.7. The molecule has 70 valence electrons. The SMILES string of the molecule is CCCCCC(N=O)=NCCC. The van der Waals surface area contributed by atoms with Crippen molar-refractivity contribution in [3.8, 4) is 0 Å². The molecule has 0 heterocycles. The van der Waals surface area contributed by atoms with Crippen molar-refractivity contribution in [2.45, 2.75) is 46.0 Å². The number of hydrogen-bond acceptors (Lipinski definition) is 2. The molecule has 0 saturated carbocycles. The Bertz CT molecular complexity index is 143. The lowest BCUT2D eigenvalue weighted by Gasteiger charge is -1.96. The van der Waals surface area contributed by atoms with Gasteiger partial charge in [0, 0.05) is 13.0 Å². The Balaban J connectivity index is 3.59. The second kappa shape index (κ2) is 8.37. The smallest absolute Gasteiger partial charge is 0.168 e. The highest BCUT2D eigenvalue weighted by molar-refractivity contribution is 5.82. The fourth-order valence-corrected chi connectivity index (χ4v) is 0.928. The summed E-state index contributed by atoms with van der Waals surface area (Å²) >= 11 is 0. The molecule has 3 heteroatoms. The van der Waals surface area contributed by atoms with Crippen LogP contribution in [0.2, 0.25) is 0 Å². The summed E-state index contributed by atoms with van der Waals surface area (Å²) in [5.74, 6) is 0.491. The van der Waals surface area contributed by atoms with Crippen LogP contribution in [0.3, 0.4) is 0 Å². The summed E-state index contributed by atoms with van der Waals surface area (Å²) in [5, 5.41) is 2.90. The third-order valence-electron chi connectivity index (χ3n) is 1.63. The molecular formula is C9H18N2O. The van der Waals surface area contributed by atoms with E-state index in [1.165, 1.54) is 6.42 Å². The van der Waals surface area contributed by atoms with Gasteiger partial charge in [0.15, 0.2) is 5.84 Å². The molecule has 0 spiro atoms. The molecule has 0 aliphatic carbocycles. The second-order valence-corrected chi connectivity index (χ2v) is 2.85. The molecule has 0 saturated heterocycles. The van der Waals surface area contributed by atoms with E-state index >= 15 is 0 Å². The third kappa shape index (κ3) is 6.01. The van der Waals surface area contributed by atoms with Crippen molar-refractivity contribution in [1.82, 2.24) is 0 Å². The van der Waals surface area contributed by atoms with Crippen molar-refractivity contribution in [1.29, 1.82) is 0 Å². The zero-order chi connectivity index (χ0) is 9.23.